The highest BCUT2D eigenvalue weighted by Crippen LogP contribution is 2.27. The molecule has 3 nitrogen and oxygen atoms in total. The molecule has 1 N–H and O–H groups in total. The van der Waals surface area contributed by atoms with E-state index < -0.39 is 0 Å². The van der Waals surface area contributed by atoms with Crippen molar-refractivity contribution in [2.45, 2.75) is 45.4 Å². The molecular weight excluding hydrogens is 282 g/mol. The van der Waals surface area contributed by atoms with Gasteiger partial charge in [-0.05, 0) is 31.0 Å². The molecule has 2 atom stereocenters. The summed E-state index contributed by atoms with van der Waals surface area (Å²) in [5, 5.41) is 3.83. The Morgan fingerprint density at radius 1 is 1.24 bits per heavy atom. The first-order chi connectivity index (χ1) is 10.1. The van der Waals surface area contributed by atoms with Gasteiger partial charge in [-0.1, -0.05) is 45.0 Å². The first kappa shape index (κ1) is 18.1. The number of ether oxygens (including phenoxy) is 1. The van der Waals surface area contributed by atoms with Crippen LogP contribution in [-0.4, -0.2) is 30.1 Å². The molecule has 2 unspecified atom stereocenters. The summed E-state index contributed by atoms with van der Waals surface area (Å²) in [5.74, 6) is 0.273. The van der Waals surface area contributed by atoms with Crippen LogP contribution in [0, 0.1) is 0 Å². The Labute approximate surface area is 132 Å². The normalized spacial score (nSPS) is 13.7. The molecule has 0 fully saturated rings. The van der Waals surface area contributed by atoms with Gasteiger partial charge in [0.2, 0.25) is 0 Å². The fourth-order valence-electron chi connectivity index (χ4n) is 2.23. The maximum atomic E-state index is 11.5. The zero-order valence-corrected chi connectivity index (χ0v) is 14.3. The van der Waals surface area contributed by atoms with E-state index in [4.69, 9.17) is 4.74 Å². The van der Waals surface area contributed by atoms with Gasteiger partial charge in [-0.15, -0.1) is 11.8 Å². The number of hydrogen-bond acceptors (Lipinski definition) is 4. The lowest BCUT2D eigenvalue weighted by Gasteiger charge is -2.25. The van der Waals surface area contributed by atoms with Crippen molar-refractivity contribution in [2.24, 2.45) is 0 Å². The van der Waals surface area contributed by atoms with Crippen LogP contribution in [0.3, 0.4) is 0 Å². The Kier molecular flexibility index (Phi) is 8.47. The van der Waals surface area contributed by atoms with Gasteiger partial charge in [-0.3, -0.25) is 4.79 Å². The second kappa shape index (κ2) is 9.85. The molecular formula is C17H27NO2S. The smallest absolute Gasteiger partial charge is 0.315 e. The predicted octanol–water partition coefficient (Wildman–Crippen LogP) is 3.58. The van der Waals surface area contributed by atoms with Crippen molar-refractivity contribution in [3.63, 3.8) is 0 Å². The minimum atomic E-state index is -0.133. The zero-order chi connectivity index (χ0) is 15.7. The molecule has 1 aromatic carbocycles. The van der Waals surface area contributed by atoms with Gasteiger partial charge in [0.05, 0.1) is 12.4 Å². The van der Waals surface area contributed by atoms with E-state index >= 15 is 0 Å². The minimum absolute atomic E-state index is 0.133. The fourth-order valence-corrected chi connectivity index (χ4v) is 3.16. The monoisotopic (exact) mass is 309 g/mol. The van der Waals surface area contributed by atoms with Gasteiger partial charge in [-0.25, -0.2) is 0 Å². The largest absolute Gasteiger partial charge is 0.465 e. The summed E-state index contributed by atoms with van der Waals surface area (Å²) in [5.41, 5.74) is 2.62. The number of thioether (sulfide) groups is 1. The number of esters is 1. The van der Waals surface area contributed by atoms with E-state index in [2.05, 4.69) is 50.4 Å². The lowest BCUT2D eigenvalue weighted by molar-refractivity contribution is -0.139. The summed E-state index contributed by atoms with van der Waals surface area (Å²) in [6.45, 7) is 9.62. The fraction of sp³-hybridized carbons (Fsp3) is 0.588. The number of nitrogens with one attached hydrogen (secondary N) is 1. The Morgan fingerprint density at radius 2 is 1.90 bits per heavy atom. The van der Waals surface area contributed by atoms with E-state index in [-0.39, 0.29) is 12.0 Å². The molecule has 0 heterocycles. The molecule has 0 saturated heterocycles. The Bertz CT molecular complexity index is 419. The van der Waals surface area contributed by atoms with Crippen molar-refractivity contribution in [1.29, 1.82) is 0 Å². The molecule has 0 aliphatic heterocycles. The standard InChI is InChI=1S/C17H27NO2S/c1-5-14-8-10-15(11-9-14)17(18-6-2)13(4)21-12-16(19)20-7-3/h8-11,13,17-18H,5-7,12H2,1-4H3. The third-order valence-electron chi connectivity index (χ3n) is 3.41. The summed E-state index contributed by atoms with van der Waals surface area (Å²) >= 11 is 1.64. The van der Waals surface area contributed by atoms with Gasteiger partial charge >= 0.3 is 5.97 Å². The van der Waals surface area contributed by atoms with Crippen LogP contribution in [0.15, 0.2) is 24.3 Å². The van der Waals surface area contributed by atoms with Crippen molar-refractivity contribution in [3.05, 3.63) is 35.4 Å². The van der Waals surface area contributed by atoms with E-state index in [0.717, 1.165) is 13.0 Å². The van der Waals surface area contributed by atoms with Crippen LogP contribution in [0.25, 0.3) is 0 Å². The van der Waals surface area contributed by atoms with Crippen LogP contribution in [0.2, 0.25) is 0 Å². The maximum absolute atomic E-state index is 11.5. The minimum Gasteiger partial charge on any atom is -0.465 e. The molecule has 0 spiro atoms. The second-order valence-corrected chi connectivity index (χ2v) is 6.32. The molecule has 0 aliphatic carbocycles. The predicted molar refractivity (Wildman–Crippen MR) is 90.8 cm³/mol. The second-order valence-electron chi connectivity index (χ2n) is 4.95. The lowest BCUT2D eigenvalue weighted by atomic mass is 10.0. The quantitative estimate of drug-likeness (QED) is 0.708. The molecule has 1 aromatic rings. The maximum Gasteiger partial charge on any atom is 0.315 e. The molecule has 1 rings (SSSR count). The van der Waals surface area contributed by atoms with Crippen LogP contribution in [0.5, 0.6) is 0 Å². The highest BCUT2D eigenvalue weighted by molar-refractivity contribution is 8.00. The third-order valence-corrected chi connectivity index (χ3v) is 4.61. The summed E-state index contributed by atoms with van der Waals surface area (Å²) in [6.07, 6.45) is 1.05. The molecule has 0 amide bonds. The third kappa shape index (κ3) is 6.10. The van der Waals surface area contributed by atoms with Gasteiger partial charge in [0.1, 0.15) is 0 Å². The average Bonchev–Trinajstić information content (AvgIpc) is 2.51. The Morgan fingerprint density at radius 3 is 2.43 bits per heavy atom. The highest BCUT2D eigenvalue weighted by atomic mass is 32.2. The van der Waals surface area contributed by atoms with Gasteiger partial charge in [0, 0.05) is 11.3 Å². The van der Waals surface area contributed by atoms with Crippen molar-refractivity contribution in [3.8, 4) is 0 Å². The topological polar surface area (TPSA) is 38.3 Å². The van der Waals surface area contributed by atoms with Gasteiger partial charge in [-0.2, -0.15) is 0 Å². The average molecular weight is 309 g/mol. The van der Waals surface area contributed by atoms with Crippen molar-refractivity contribution in [2.75, 3.05) is 18.9 Å². The van der Waals surface area contributed by atoms with E-state index in [1.165, 1.54) is 11.1 Å². The molecule has 118 valence electrons. The van der Waals surface area contributed by atoms with Crippen LogP contribution >= 0.6 is 11.8 Å². The van der Waals surface area contributed by atoms with Gasteiger partial charge in [0.15, 0.2) is 0 Å². The first-order valence-corrected chi connectivity index (χ1v) is 8.76. The first-order valence-electron chi connectivity index (χ1n) is 7.71. The Balaban J connectivity index is 2.67. The van der Waals surface area contributed by atoms with Crippen molar-refractivity contribution < 1.29 is 9.53 Å². The summed E-state index contributed by atoms with van der Waals surface area (Å²) < 4.78 is 4.99. The number of carbonyl (C=O) groups is 1. The molecule has 4 heteroatoms. The number of aryl methyl sites for hydroxylation is 1. The van der Waals surface area contributed by atoms with Crippen molar-refractivity contribution in [1.82, 2.24) is 5.32 Å². The van der Waals surface area contributed by atoms with Crippen LogP contribution in [0.4, 0.5) is 0 Å². The van der Waals surface area contributed by atoms with Crippen LogP contribution < -0.4 is 5.32 Å². The van der Waals surface area contributed by atoms with Crippen LogP contribution in [0.1, 0.15) is 44.9 Å². The number of hydrogen-bond donors (Lipinski definition) is 1. The van der Waals surface area contributed by atoms with E-state index in [9.17, 15) is 4.79 Å². The van der Waals surface area contributed by atoms with E-state index in [0.29, 0.717) is 17.6 Å². The summed E-state index contributed by atoms with van der Waals surface area (Å²) in [4.78, 5) is 11.5. The molecule has 0 aromatic heterocycles. The molecule has 0 radical (unpaired) electrons. The number of rotatable bonds is 9. The lowest BCUT2D eigenvalue weighted by Crippen LogP contribution is -2.29. The summed E-state index contributed by atoms with van der Waals surface area (Å²) in [7, 11) is 0. The Hall–Kier alpha value is -1.00. The zero-order valence-electron chi connectivity index (χ0n) is 13.5. The van der Waals surface area contributed by atoms with E-state index in [1.807, 2.05) is 6.92 Å². The van der Waals surface area contributed by atoms with Crippen molar-refractivity contribution >= 4 is 17.7 Å². The SMILES string of the molecule is CCNC(c1ccc(CC)cc1)C(C)SCC(=O)OCC. The number of carbonyl (C=O) groups excluding carboxylic acids is 1. The number of benzene rings is 1. The van der Waals surface area contributed by atoms with Gasteiger partial charge in [0.25, 0.3) is 0 Å². The molecule has 0 saturated carbocycles. The van der Waals surface area contributed by atoms with Crippen LogP contribution in [-0.2, 0) is 16.0 Å². The molecule has 21 heavy (non-hydrogen) atoms. The summed E-state index contributed by atoms with van der Waals surface area (Å²) in [6, 6.07) is 8.99. The molecule has 0 aliphatic rings. The van der Waals surface area contributed by atoms with Gasteiger partial charge < -0.3 is 10.1 Å². The highest BCUT2D eigenvalue weighted by Gasteiger charge is 2.20. The van der Waals surface area contributed by atoms with E-state index in [1.54, 1.807) is 11.8 Å². The molecule has 0 bridgehead atoms.